The summed E-state index contributed by atoms with van der Waals surface area (Å²) in [5.74, 6) is 0.254. The first-order chi connectivity index (χ1) is 14.2. The summed E-state index contributed by atoms with van der Waals surface area (Å²) in [5.41, 5.74) is -1.07. The average molecular weight is 438 g/mol. The molecule has 0 bridgehead atoms. The fraction of sp³-hybridized carbons (Fsp3) is 0.381. The first-order valence-electron chi connectivity index (χ1n) is 9.75. The summed E-state index contributed by atoms with van der Waals surface area (Å²) < 4.78 is 67.0. The minimum absolute atomic E-state index is 0.0183. The zero-order chi connectivity index (χ0) is 21.5. The van der Waals surface area contributed by atoms with Gasteiger partial charge in [-0.25, -0.2) is 17.4 Å². The number of aromatic nitrogens is 2. The van der Waals surface area contributed by atoms with E-state index in [0.717, 1.165) is 35.7 Å². The van der Waals surface area contributed by atoms with Crippen molar-refractivity contribution in [2.75, 3.05) is 0 Å². The Morgan fingerprint density at radius 3 is 2.43 bits per heavy atom. The number of aliphatic hydroxyl groups is 1. The highest BCUT2D eigenvalue weighted by molar-refractivity contribution is 7.90. The van der Waals surface area contributed by atoms with E-state index in [2.05, 4.69) is 4.98 Å². The number of nitrogens with zero attached hydrogens (tertiary/aromatic N) is 2. The van der Waals surface area contributed by atoms with Gasteiger partial charge in [0.1, 0.15) is 0 Å². The van der Waals surface area contributed by atoms with Gasteiger partial charge in [-0.3, -0.25) is 0 Å². The maximum Gasteiger partial charge on any atom is 0.417 e. The van der Waals surface area contributed by atoms with Crippen LogP contribution in [0.3, 0.4) is 0 Å². The van der Waals surface area contributed by atoms with Gasteiger partial charge in [-0.2, -0.15) is 13.2 Å². The summed E-state index contributed by atoms with van der Waals surface area (Å²) in [6.07, 6.45) is -0.768. The molecular weight excluding hydrogens is 417 g/mol. The molecule has 2 heterocycles. The Bertz CT molecular complexity index is 1150. The van der Waals surface area contributed by atoms with Gasteiger partial charge in [0.2, 0.25) is 0 Å². The summed E-state index contributed by atoms with van der Waals surface area (Å²) >= 11 is 0. The summed E-state index contributed by atoms with van der Waals surface area (Å²) in [7, 11) is -4.17. The lowest BCUT2D eigenvalue weighted by molar-refractivity contribution is -0.137. The molecular formula is C21H21F3N2O3S. The van der Waals surface area contributed by atoms with Crippen LogP contribution in [0.2, 0.25) is 0 Å². The molecule has 0 aliphatic heterocycles. The highest BCUT2D eigenvalue weighted by atomic mass is 32.2. The van der Waals surface area contributed by atoms with Crippen molar-refractivity contribution in [3.05, 3.63) is 59.9 Å². The molecule has 1 aliphatic rings. The summed E-state index contributed by atoms with van der Waals surface area (Å²) in [6, 6.07) is 9.75. The van der Waals surface area contributed by atoms with E-state index in [1.165, 1.54) is 18.2 Å². The molecule has 5 nitrogen and oxygen atoms in total. The van der Waals surface area contributed by atoms with Gasteiger partial charge in [-0.05, 0) is 36.6 Å². The Hall–Kier alpha value is -2.39. The zero-order valence-corrected chi connectivity index (χ0v) is 16.8. The lowest BCUT2D eigenvalue weighted by Crippen LogP contribution is -2.19. The normalized spacial score (nSPS) is 16.9. The van der Waals surface area contributed by atoms with Crippen LogP contribution in [0.4, 0.5) is 13.2 Å². The maximum absolute atomic E-state index is 13.3. The van der Waals surface area contributed by atoms with E-state index < -0.39 is 27.9 Å². The fourth-order valence-electron chi connectivity index (χ4n) is 4.11. The Labute approximate surface area is 172 Å². The highest BCUT2D eigenvalue weighted by Crippen LogP contribution is 2.37. The highest BCUT2D eigenvalue weighted by Gasteiger charge is 2.34. The van der Waals surface area contributed by atoms with Crippen LogP contribution in [-0.2, 0) is 16.2 Å². The van der Waals surface area contributed by atoms with Crippen molar-refractivity contribution in [2.24, 2.45) is 5.92 Å². The molecule has 1 aromatic carbocycles. The number of hydrogen-bond donors (Lipinski definition) is 1. The number of alkyl halides is 3. The van der Waals surface area contributed by atoms with Crippen molar-refractivity contribution in [2.45, 2.75) is 49.3 Å². The van der Waals surface area contributed by atoms with Gasteiger partial charge in [0, 0.05) is 11.6 Å². The van der Waals surface area contributed by atoms with E-state index in [0.29, 0.717) is 12.6 Å². The topological polar surface area (TPSA) is 72.2 Å². The largest absolute Gasteiger partial charge is 0.417 e. The van der Waals surface area contributed by atoms with Crippen LogP contribution in [0, 0.1) is 5.92 Å². The number of fused-ring (bicyclic) bond motifs is 1. The molecule has 0 spiro atoms. The number of benzene rings is 1. The van der Waals surface area contributed by atoms with Crippen LogP contribution >= 0.6 is 0 Å². The molecule has 2 aromatic heterocycles. The second kappa shape index (κ2) is 7.70. The number of pyridine rings is 1. The number of aliphatic hydroxyl groups excluding tert-OH is 1. The number of rotatable bonds is 5. The molecule has 0 amide bonds. The van der Waals surface area contributed by atoms with E-state index in [4.69, 9.17) is 0 Å². The molecule has 1 aliphatic carbocycles. The Morgan fingerprint density at radius 1 is 1.13 bits per heavy atom. The molecule has 1 N–H and O–H groups in total. The smallest absolute Gasteiger partial charge is 0.387 e. The third kappa shape index (κ3) is 3.83. The van der Waals surface area contributed by atoms with Crippen molar-refractivity contribution in [3.63, 3.8) is 0 Å². The van der Waals surface area contributed by atoms with Gasteiger partial charge in [0.15, 0.2) is 5.65 Å². The van der Waals surface area contributed by atoms with Crippen molar-refractivity contribution in [3.8, 4) is 0 Å². The zero-order valence-electron chi connectivity index (χ0n) is 16.0. The van der Waals surface area contributed by atoms with Crippen LogP contribution in [0.25, 0.3) is 11.0 Å². The maximum atomic E-state index is 13.3. The van der Waals surface area contributed by atoms with Crippen LogP contribution in [0.1, 0.15) is 49.5 Å². The summed E-state index contributed by atoms with van der Waals surface area (Å²) in [6.45, 7) is 0. The predicted molar refractivity (Wildman–Crippen MR) is 105 cm³/mol. The third-order valence-corrected chi connectivity index (χ3v) is 7.34. The van der Waals surface area contributed by atoms with Crippen LogP contribution in [0.5, 0.6) is 0 Å². The van der Waals surface area contributed by atoms with Crippen LogP contribution in [0.15, 0.2) is 53.6 Å². The molecule has 1 fully saturated rings. The van der Waals surface area contributed by atoms with Crippen molar-refractivity contribution >= 4 is 21.1 Å². The third-order valence-electron chi connectivity index (χ3n) is 5.61. The number of halogens is 3. The van der Waals surface area contributed by atoms with Gasteiger partial charge in [-0.1, -0.05) is 43.9 Å². The number of hydrogen-bond acceptors (Lipinski definition) is 4. The summed E-state index contributed by atoms with van der Waals surface area (Å²) in [4.78, 5) is 3.80. The molecule has 1 atom stereocenters. The van der Waals surface area contributed by atoms with E-state index >= 15 is 0 Å². The first-order valence-corrected chi connectivity index (χ1v) is 11.2. The van der Waals surface area contributed by atoms with Gasteiger partial charge in [0.05, 0.1) is 22.3 Å². The fourth-order valence-corrected chi connectivity index (χ4v) is 5.65. The van der Waals surface area contributed by atoms with E-state index in [-0.39, 0.29) is 27.5 Å². The Balaban J connectivity index is 1.88. The molecule has 1 unspecified atom stereocenters. The van der Waals surface area contributed by atoms with Crippen molar-refractivity contribution in [1.82, 2.24) is 8.96 Å². The lowest BCUT2D eigenvalue weighted by Gasteiger charge is -2.18. The van der Waals surface area contributed by atoms with Crippen LogP contribution in [-0.4, -0.2) is 22.5 Å². The molecule has 0 saturated heterocycles. The molecule has 4 rings (SSSR count). The van der Waals surface area contributed by atoms with E-state index in [1.54, 1.807) is 18.2 Å². The van der Waals surface area contributed by atoms with E-state index in [9.17, 15) is 26.7 Å². The van der Waals surface area contributed by atoms with Gasteiger partial charge >= 0.3 is 6.18 Å². The molecule has 160 valence electrons. The second-order valence-electron chi connectivity index (χ2n) is 7.69. The Morgan fingerprint density at radius 2 is 1.80 bits per heavy atom. The van der Waals surface area contributed by atoms with Gasteiger partial charge in [0.25, 0.3) is 10.0 Å². The van der Waals surface area contributed by atoms with Gasteiger partial charge < -0.3 is 5.11 Å². The summed E-state index contributed by atoms with van der Waals surface area (Å²) in [5, 5.41) is 10.9. The SMILES string of the molecule is O=S(=O)(c1ccccc1)n1c(C(O)CC2CCCC2)cc2cc(C(F)(F)F)cnc21. The van der Waals surface area contributed by atoms with Gasteiger partial charge in [-0.15, -0.1) is 0 Å². The monoisotopic (exact) mass is 438 g/mol. The first kappa shape index (κ1) is 20.9. The van der Waals surface area contributed by atoms with Crippen molar-refractivity contribution < 1.29 is 26.7 Å². The van der Waals surface area contributed by atoms with E-state index in [1.807, 2.05) is 0 Å². The minimum atomic E-state index is -4.61. The second-order valence-corrected chi connectivity index (χ2v) is 9.47. The average Bonchev–Trinajstić information content (AvgIpc) is 3.35. The predicted octanol–water partition coefficient (Wildman–Crippen LogP) is 4.91. The molecule has 1 saturated carbocycles. The standard InChI is InChI=1S/C21H21F3N2O3S/c22-21(23,24)16-11-15-12-18(19(27)10-14-6-4-5-7-14)26(20(15)25-13-16)30(28,29)17-8-2-1-3-9-17/h1-3,8-9,11-14,19,27H,4-7,10H2. The lowest BCUT2D eigenvalue weighted by atomic mass is 9.98. The van der Waals surface area contributed by atoms with Crippen LogP contribution < -0.4 is 0 Å². The quantitative estimate of drug-likeness (QED) is 0.615. The Kier molecular flexibility index (Phi) is 5.36. The van der Waals surface area contributed by atoms with Crippen molar-refractivity contribution in [1.29, 1.82) is 0 Å². The molecule has 30 heavy (non-hydrogen) atoms. The molecule has 9 heteroatoms. The molecule has 0 radical (unpaired) electrons. The molecule has 3 aromatic rings. The minimum Gasteiger partial charge on any atom is -0.387 e.